The predicted octanol–water partition coefficient (Wildman–Crippen LogP) is 4.26. The molecule has 0 amide bonds. The molecule has 1 aromatic heterocycles. The van der Waals surface area contributed by atoms with Gasteiger partial charge in [0.2, 0.25) is 0 Å². The summed E-state index contributed by atoms with van der Waals surface area (Å²) in [6.45, 7) is 2.75. The zero-order valence-electron chi connectivity index (χ0n) is 13.1. The molecule has 0 radical (unpaired) electrons. The minimum atomic E-state index is 0.585. The van der Waals surface area contributed by atoms with E-state index in [9.17, 15) is 0 Å². The van der Waals surface area contributed by atoms with E-state index < -0.39 is 0 Å². The summed E-state index contributed by atoms with van der Waals surface area (Å²) in [5.74, 6) is 2.85. The van der Waals surface area contributed by atoms with E-state index in [1.807, 2.05) is 30.3 Å². The van der Waals surface area contributed by atoms with Gasteiger partial charge in [-0.05, 0) is 31.9 Å². The molecule has 0 unspecified atom stereocenters. The summed E-state index contributed by atoms with van der Waals surface area (Å²) in [5, 5.41) is 9.68. The maximum Gasteiger partial charge on any atom is 0.191 e. The number of rotatable bonds is 6. The Morgan fingerprint density at radius 3 is 2.68 bits per heavy atom. The molecule has 2 aromatic rings. The summed E-state index contributed by atoms with van der Waals surface area (Å²) < 4.78 is 8.08. The topological polar surface area (TPSA) is 39.9 Å². The third-order valence-electron chi connectivity index (χ3n) is 4.10. The quantitative estimate of drug-likeness (QED) is 0.589. The van der Waals surface area contributed by atoms with Gasteiger partial charge in [0.05, 0.1) is 6.61 Å². The van der Waals surface area contributed by atoms with Crippen molar-refractivity contribution < 1.29 is 4.74 Å². The minimum Gasteiger partial charge on any atom is -0.493 e. The first-order valence-electron chi connectivity index (χ1n) is 8.07. The molecule has 0 spiro atoms. The van der Waals surface area contributed by atoms with Gasteiger partial charge in [0.1, 0.15) is 11.6 Å². The normalized spacial score (nSPS) is 15.9. The van der Waals surface area contributed by atoms with E-state index in [2.05, 4.69) is 21.7 Å². The Hall–Kier alpha value is -1.49. The van der Waals surface area contributed by atoms with Crippen molar-refractivity contribution in [3.8, 4) is 5.75 Å². The Kier molecular flexibility index (Phi) is 5.38. The van der Waals surface area contributed by atoms with Gasteiger partial charge in [-0.25, -0.2) is 0 Å². The Bertz CT molecular complexity index is 579. The van der Waals surface area contributed by atoms with Crippen molar-refractivity contribution in [2.24, 2.45) is 0 Å². The standard InChI is InChI=1S/C17H23N3OS/c1-14-18-19-17(20(14)15-8-4-2-5-9-15)22-13-12-21-16-10-6-3-7-11-16/h3,6-7,10-11,15H,2,4-5,8-9,12-13H2,1H3. The van der Waals surface area contributed by atoms with Crippen LogP contribution in [0.1, 0.15) is 44.0 Å². The highest BCUT2D eigenvalue weighted by molar-refractivity contribution is 7.99. The maximum atomic E-state index is 5.74. The van der Waals surface area contributed by atoms with Gasteiger partial charge in [-0.2, -0.15) is 0 Å². The van der Waals surface area contributed by atoms with Crippen LogP contribution >= 0.6 is 11.8 Å². The second-order valence-corrected chi connectivity index (χ2v) is 6.76. The van der Waals surface area contributed by atoms with E-state index >= 15 is 0 Å². The number of ether oxygens (including phenoxy) is 1. The average molecular weight is 317 g/mol. The number of aryl methyl sites for hydroxylation is 1. The Morgan fingerprint density at radius 1 is 1.14 bits per heavy atom. The number of aromatic nitrogens is 3. The Labute approximate surface area is 136 Å². The molecule has 1 saturated carbocycles. The highest BCUT2D eigenvalue weighted by atomic mass is 32.2. The fraction of sp³-hybridized carbons (Fsp3) is 0.529. The molecule has 22 heavy (non-hydrogen) atoms. The van der Waals surface area contributed by atoms with E-state index in [1.165, 1.54) is 32.1 Å². The molecule has 118 valence electrons. The first kappa shape index (κ1) is 15.4. The lowest BCUT2D eigenvalue weighted by Crippen LogP contribution is -2.15. The average Bonchev–Trinajstić information content (AvgIpc) is 2.94. The van der Waals surface area contributed by atoms with Crippen LogP contribution in [0.3, 0.4) is 0 Å². The van der Waals surface area contributed by atoms with Gasteiger partial charge in [0.25, 0.3) is 0 Å². The smallest absolute Gasteiger partial charge is 0.191 e. The lowest BCUT2D eigenvalue weighted by Gasteiger charge is -2.24. The van der Waals surface area contributed by atoms with Gasteiger partial charge < -0.3 is 9.30 Å². The van der Waals surface area contributed by atoms with Gasteiger partial charge in [-0.1, -0.05) is 49.2 Å². The summed E-state index contributed by atoms with van der Waals surface area (Å²) in [7, 11) is 0. The molecule has 1 aromatic carbocycles. The van der Waals surface area contributed by atoms with E-state index in [0.29, 0.717) is 12.6 Å². The Balaban J connectivity index is 1.54. The van der Waals surface area contributed by atoms with Crippen LogP contribution < -0.4 is 4.74 Å². The molecule has 3 rings (SSSR count). The fourth-order valence-corrected chi connectivity index (χ4v) is 3.89. The van der Waals surface area contributed by atoms with Crippen LogP contribution in [0.4, 0.5) is 0 Å². The van der Waals surface area contributed by atoms with Crippen LogP contribution in [0.5, 0.6) is 5.75 Å². The zero-order valence-corrected chi connectivity index (χ0v) is 13.9. The second kappa shape index (κ2) is 7.68. The van der Waals surface area contributed by atoms with E-state index in [1.54, 1.807) is 11.8 Å². The van der Waals surface area contributed by atoms with E-state index in [-0.39, 0.29) is 0 Å². The highest BCUT2D eigenvalue weighted by Gasteiger charge is 2.21. The number of benzene rings is 1. The molecule has 5 heteroatoms. The van der Waals surface area contributed by atoms with Crippen LogP contribution in [0.2, 0.25) is 0 Å². The van der Waals surface area contributed by atoms with E-state index in [4.69, 9.17) is 4.74 Å². The Morgan fingerprint density at radius 2 is 1.91 bits per heavy atom. The van der Waals surface area contributed by atoms with Crippen LogP contribution in [0, 0.1) is 6.92 Å². The molecule has 4 nitrogen and oxygen atoms in total. The van der Waals surface area contributed by atoms with Crippen LogP contribution in [-0.2, 0) is 0 Å². The van der Waals surface area contributed by atoms with Gasteiger partial charge in [0, 0.05) is 11.8 Å². The van der Waals surface area contributed by atoms with E-state index in [0.717, 1.165) is 22.5 Å². The monoisotopic (exact) mass is 317 g/mol. The molecule has 0 aliphatic heterocycles. The molecule has 1 aliphatic rings. The van der Waals surface area contributed by atoms with Crippen molar-refractivity contribution in [2.75, 3.05) is 12.4 Å². The molecule has 0 saturated heterocycles. The first-order chi connectivity index (χ1) is 10.8. The third kappa shape index (κ3) is 3.83. The van der Waals surface area contributed by atoms with Crippen molar-refractivity contribution in [3.05, 3.63) is 36.2 Å². The molecule has 0 atom stereocenters. The summed E-state index contributed by atoms with van der Waals surface area (Å²) in [4.78, 5) is 0. The van der Waals surface area contributed by atoms with Crippen molar-refractivity contribution in [2.45, 2.75) is 50.2 Å². The number of para-hydroxylation sites is 1. The maximum absolute atomic E-state index is 5.74. The molecule has 0 bridgehead atoms. The van der Waals surface area contributed by atoms with Crippen molar-refractivity contribution in [3.63, 3.8) is 0 Å². The number of hydrogen-bond donors (Lipinski definition) is 0. The molecular weight excluding hydrogens is 294 g/mol. The highest BCUT2D eigenvalue weighted by Crippen LogP contribution is 2.32. The third-order valence-corrected chi connectivity index (χ3v) is 5.01. The molecule has 1 aliphatic carbocycles. The molecular formula is C17H23N3OS. The predicted molar refractivity (Wildman–Crippen MR) is 89.5 cm³/mol. The summed E-state index contributed by atoms with van der Waals surface area (Å²) in [6.07, 6.45) is 6.53. The molecule has 1 heterocycles. The summed E-state index contributed by atoms with van der Waals surface area (Å²) >= 11 is 1.75. The van der Waals surface area contributed by atoms with Gasteiger partial charge in [-0.15, -0.1) is 10.2 Å². The van der Waals surface area contributed by atoms with Crippen molar-refractivity contribution in [1.82, 2.24) is 14.8 Å². The SMILES string of the molecule is Cc1nnc(SCCOc2ccccc2)n1C1CCCCC1. The van der Waals surface area contributed by atoms with Crippen molar-refractivity contribution >= 4 is 11.8 Å². The lowest BCUT2D eigenvalue weighted by atomic mass is 9.95. The second-order valence-electron chi connectivity index (χ2n) is 5.70. The van der Waals surface area contributed by atoms with Crippen LogP contribution in [0.25, 0.3) is 0 Å². The number of thioether (sulfide) groups is 1. The van der Waals surface area contributed by atoms with Gasteiger partial charge in [-0.3, -0.25) is 0 Å². The molecule has 1 fully saturated rings. The van der Waals surface area contributed by atoms with Crippen LogP contribution in [0.15, 0.2) is 35.5 Å². The van der Waals surface area contributed by atoms with Gasteiger partial charge >= 0.3 is 0 Å². The van der Waals surface area contributed by atoms with Gasteiger partial charge in [0.15, 0.2) is 5.16 Å². The number of nitrogens with zero attached hydrogens (tertiary/aromatic N) is 3. The number of hydrogen-bond acceptors (Lipinski definition) is 4. The summed E-state index contributed by atoms with van der Waals surface area (Å²) in [6, 6.07) is 10.5. The minimum absolute atomic E-state index is 0.585. The van der Waals surface area contributed by atoms with Crippen LogP contribution in [-0.4, -0.2) is 27.1 Å². The van der Waals surface area contributed by atoms with Crippen molar-refractivity contribution in [1.29, 1.82) is 0 Å². The fourth-order valence-electron chi connectivity index (χ4n) is 3.02. The first-order valence-corrected chi connectivity index (χ1v) is 9.05. The zero-order chi connectivity index (χ0) is 15.2. The lowest BCUT2D eigenvalue weighted by molar-refractivity contribution is 0.330. The summed E-state index contributed by atoms with van der Waals surface area (Å²) in [5.41, 5.74) is 0. The molecule has 0 N–H and O–H groups in total. The largest absolute Gasteiger partial charge is 0.493 e.